The first-order chi connectivity index (χ1) is 12.4. The highest BCUT2D eigenvalue weighted by Gasteiger charge is 2.47. The Hall–Kier alpha value is -2.86. The van der Waals surface area contributed by atoms with Crippen molar-refractivity contribution >= 4 is 17.4 Å². The molecule has 6 nitrogen and oxygen atoms in total. The monoisotopic (exact) mass is 354 g/mol. The van der Waals surface area contributed by atoms with Crippen LogP contribution in [0.2, 0.25) is 0 Å². The van der Waals surface area contributed by atoms with Gasteiger partial charge >= 0.3 is 0 Å². The van der Waals surface area contributed by atoms with E-state index in [4.69, 9.17) is 4.42 Å². The molecule has 3 rings (SSSR count). The Balaban J connectivity index is 2.11. The molecule has 0 radical (unpaired) electrons. The van der Waals surface area contributed by atoms with Crippen LogP contribution in [0.25, 0.3) is 5.76 Å². The molecule has 2 aromatic rings. The van der Waals surface area contributed by atoms with Crippen LogP contribution in [-0.2, 0) is 9.59 Å². The van der Waals surface area contributed by atoms with E-state index in [9.17, 15) is 14.7 Å². The molecule has 0 aliphatic carbocycles. The summed E-state index contributed by atoms with van der Waals surface area (Å²) in [6, 6.07) is 11.5. The maximum absolute atomic E-state index is 12.7. The number of hydrogen-bond donors (Lipinski definition) is 1. The van der Waals surface area contributed by atoms with E-state index in [-0.39, 0.29) is 11.3 Å². The predicted octanol–water partition coefficient (Wildman–Crippen LogP) is 2.57. The number of nitrogens with zero attached hydrogens (tertiary/aromatic N) is 2. The Labute approximate surface area is 152 Å². The largest absolute Gasteiger partial charge is 0.507 e. The van der Waals surface area contributed by atoms with Gasteiger partial charge in [0.25, 0.3) is 11.7 Å². The average molecular weight is 354 g/mol. The van der Waals surface area contributed by atoms with Crippen LogP contribution in [0.4, 0.5) is 0 Å². The van der Waals surface area contributed by atoms with Gasteiger partial charge in [0.05, 0.1) is 5.57 Å². The quantitative estimate of drug-likeness (QED) is 0.507. The average Bonchev–Trinajstić information content (AvgIpc) is 3.15. The molecule has 1 saturated heterocycles. The first kappa shape index (κ1) is 17.9. The molecule has 1 fully saturated rings. The van der Waals surface area contributed by atoms with Crippen LogP contribution in [0.1, 0.15) is 23.1 Å². The number of amides is 1. The van der Waals surface area contributed by atoms with Crippen LogP contribution in [0.5, 0.6) is 0 Å². The van der Waals surface area contributed by atoms with Crippen molar-refractivity contribution in [1.82, 2.24) is 9.80 Å². The van der Waals surface area contributed by atoms with Gasteiger partial charge in [-0.05, 0) is 33.2 Å². The molecule has 0 bridgehead atoms. The van der Waals surface area contributed by atoms with Gasteiger partial charge in [-0.25, -0.2) is 0 Å². The van der Waals surface area contributed by atoms with Crippen molar-refractivity contribution in [2.75, 3.05) is 27.2 Å². The van der Waals surface area contributed by atoms with Crippen molar-refractivity contribution in [3.05, 3.63) is 65.1 Å². The second kappa shape index (κ2) is 7.17. The lowest BCUT2D eigenvalue weighted by Gasteiger charge is -2.24. The minimum atomic E-state index is -0.733. The van der Waals surface area contributed by atoms with E-state index in [1.54, 1.807) is 43.3 Å². The summed E-state index contributed by atoms with van der Waals surface area (Å²) >= 11 is 0. The predicted molar refractivity (Wildman–Crippen MR) is 97.5 cm³/mol. The summed E-state index contributed by atoms with van der Waals surface area (Å²) in [6.45, 7) is 2.74. The molecule has 136 valence electrons. The molecule has 1 aromatic carbocycles. The van der Waals surface area contributed by atoms with Crippen LogP contribution in [-0.4, -0.2) is 53.8 Å². The van der Waals surface area contributed by atoms with Crippen molar-refractivity contribution in [3.8, 4) is 0 Å². The first-order valence-corrected chi connectivity index (χ1v) is 8.45. The van der Waals surface area contributed by atoms with E-state index in [0.717, 1.165) is 0 Å². The topological polar surface area (TPSA) is 74.0 Å². The SMILES string of the molecule is Cc1ccc(C2C(=C(O)c3ccccc3)C(=O)C(=O)N2CCN(C)C)o1. The zero-order valence-corrected chi connectivity index (χ0v) is 15.1. The van der Waals surface area contributed by atoms with Gasteiger partial charge in [-0.1, -0.05) is 30.3 Å². The van der Waals surface area contributed by atoms with Crippen molar-refractivity contribution in [1.29, 1.82) is 0 Å². The fraction of sp³-hybridized carbons (Fsp3) is 0.300. The first-order valence-electron chi connectivity index (χ1n) is 8.45. The number of Topliss-reactive ketones (excluding diaryl/α,β-unsaturated/α-hetero) is 1. The van der Waals surface area contributed by atoms with E-state index in [2.05, 4.69) is 0 Å². The van der Waals surface area contributed by atoms with Crippen LogP contribution in [0, 0.1) is 6.92 Å². The summed E-state index contributed by atoms with van der Waals surface area (Å²) < 4.78 is 5.71. The van der Waals surface area contributed by atoms with Crippen LogP contribution < -0.4 is 0 Å². The van der Waals surface area contributed by atoms with E-state index in [1.165, 1.54) is 4.90 Å². The molecule has 1 aliphatic rings. The molecule has 1 atom stereocenters. The van der Waals surface area contributed by atoms with Crippen molar-refractivity contribution < 1.29 is 19.1 Å². The third-order valence-electron chi connectivity index (χ3n) is 4.41. The standard InChI is InChI=1S/C20H22N2O4/c1-13-9-10-15(26-13)17-16(18(23)14-7-5-4-6-8-14)19(24)20(25)22(17)12-11-21(2)3/h4-10,17,23H,11-12H2,1-3H3. The van der Waals surface area contributed by atoms with Crippen LogP contribution in [0.15, 0.2) is 52.5 Å². The lowest BCUT2D eigenvalue weighted by atomic mass is 9.99. The zero-order valence-electron chi connectivity index (χ0n) is 15.1. The smallest absolute Gasteiger partial charge is 0.295 e. The molecule has 0 saturated carbocycles. The minimum absolute atomic E-state index is 0.0642. The van der Waals surface area contributed by atoms with Gasteiger partial charge in [-0.15, -0.1) is 0 Å². The van der Waals surface area contributed by atoms with Crippen LogP contribution in [0.3, 0.4) is 0 Å². The second-order valence-corrected chi connectivity index (χ2v) is 6.61. The van der Waals surface area contributed by atoms with E-state index in [0.29, 0.717) is 30.2 Å². The maximum atomic E-state index is 12.7. The summed E-state index contributed by atoms with van der Waals surface area (Å²) in [4.78, 5) is 28.7. The fourth-order valence-corrected chi connectivity index (χ4v) is 3.07. The number of carbonyl (C=O) groups excluding carboxylic acids is 2. The Bertz CT molecular complexity index is 852. The number of benzene rings is 1. The van der Waals surface area contributed by atoms with E-state index < -0.39 is 17.7 Å². The number of aliphatic hydroxyl groups excluding tert-OH is 1. The molecule has 0 spiro atoms. The summed E-state index contributed by atoms with van der Waals surface area (Å²) in [7, 11) is 3.79. The molecule has 1 aliphatic heterocycles. The van der Waals surface area contributed by atoms with E-state index in [1.807, 2.05) is 25.1 Å². The molecule has 1 N–H and O–H groups in total. The number of aliphatic hydroxyl groups is 1. The number of likely N-dealkylation sites (N-methyl/N-ethyl adjacent to an activating group) is 1. The van der Waals surface area contributed by atoms with Gasteiger partial charge in [0, 0.05) is 18.7 Å². The third kappa shape index (κ3) is 3.28. The number of ketones is 1. The Morgan fingerprint density at radius 2 is 1.85 bits per heavy atom. The molecule has 6 heteroatoms. The second-order valence-electron chi connectivity index (χ2n) is 6.61. The van der Waals surface area contributed by atoms with Gasteiger partial charge in [0.15, 0.2) is 0 Å². The van der Waals surface area contributed by atoms with Gasteiger partial charge in [-0.2, -0.15) is 0 Å². The summed E-state index contributed by atoms with van der Waals surface area (Å²) in [5.74, 6) is -0.348. The molecule has 1 amide bonds. The molecule has 2 heterocycles. The summed E-state index contributed by atoms with van der Waals surface area (Å²) in [5, 5.41) is 10.8. The Morgan fingerprint density at radius 1 is 1.15 bits per heavy atom. The molecule has 1 aromatic heterocycles. The summed E-state index contributed by atoms with van der Waals surface area (Å²) in [5.41, 5.74) is 0.556. The highest BCUT2D eigenvalue weighted by Crippen LogP contribution is 2.39. The molecular weight excluding hydrogens is 332 g/mol. The number of rotatable bonds is 5. The van der Waals surface area contributed by atoms with Crippen molar-refractivity contribution in [2.45, 2.75) is 13.0 Å². The lowest BCUT2D eigenvalue weighted by Crippen LogP contribution is -2.35. The number of aryl methyl sites for hydroxylation is 1. The lowest BCUT2D eigenvalue weighted by molar-refractivity contribution is -0.140. The van der Waals surface area contributed by atoms with Gasteiger partial charge in [-0.3, -0.25) is 9.59 Å². The maximum Gasteiger partial charge on any atom is 0.295 e. The number of hydrogen-bond acceptors (Lipinski definition) is 5. The number of likely N-dealkylation sites (tertiary alicyclic amines) is 1. The molecule has 26 heavy (non-hydrogen) atoms. The van der Waals surface area contributed by atoms with Gasteiger partial charge in [0.2, 0.25) is 0 Å². The van der Waals surface area contributed by atoms with Crippen molar-refractivity contribution in [2.24, 2.45) is 0 Å². The Kier molecular flexibility index (Phi) is 4.95. The van der Waals surface area contributed by atoms with Gasteiger partial charge < -0.3 is 19.3 Å². The van der Waals surface area contributed by atoms with E-state index >= 15 is 0 Å². The fourth-order valence-electron chi connectivity index (χ4n) is 3.07. The number of carbonyl (C=O) groups is 2. The van der Waals surface area contributed by atoms with Crippen LogP contribution >= 0.6 is 0 Å². The van der Waals surface area contributed by atoms with Gasteiger partial charge in [0.1, 0.15) is 23.3 Å². The third-order valence-corrected chi connectivity index (χ3v) is 4.41. The van der Waals surface area contributed by atoms with Crippen molar-refractivity contribution in [3.63, 3.8) is 0 Å². The highest BCUT2D eigenvalue weighted by atomic mass is 16.3. The molecular formula is C20H22N2O4. The number of furan rings is 1. The normalized spacial score (nSPS) is 19.5. The summed E-state index contributed by atoms with van der Waals surface area (Å²) in [6.07, 6.45) is 0. The Morgan fingerprint density at radius 3 is 2.42 bits per heavy atom. The minimum Gasteiger partial charge on any atom is -0.507 e. The molecule has 1 unspecified atom stereocenters. The zero-order chi connectivity index (χ0) is 18.8. The highest BCUT2D eigenvalue weighted by molar-refractivity contribution is 6.46.